The molecule has 4 heteroatoms. The number of rotatable bonds is 5. The van der Waals surface area contributed by atoms with Crippen molar-refractivity contribution >= 4 is 17.5 Å². The summed E-state index contributed by atoms with van der Waals surface area (Å²) in [6.45, 7) is 1.98. The quantitative estimate of drug-likeness (QED) is 0.710. The van der Waals surface area contributed by atoms with Crippen molar-refractivity contribution in [2.45, 2.75) is 51.5 Å². The third-order valence-corrected chi connectivity index (χ3v) is 7.57. The monoisotopic (exact) mass is 402 g/mol. The molecule has 1 atom stereocenters. The van der Waals surface area contributed by atoms with Gasteiger partial charge in [-0.2, -0.15) is 0 Å². The highest BCUT2D eigenvalue weighted by molar-refractivity contribution is 5.97. The Morgan fingerprint density at radius 2 is 1.43 bits per heavy atom. The zero-order valence-corrected chi connectivity index (χ0v) is 17.6. The average Bonchev–Trinajstić information content (AvgIpc) is 2.74. The van der Waals surface area contributed by atoms with Crippen LogP contribution in [0.1, 0.15) is 67.4 Å². The van der Waals surface area contributed by atoms with Crippen molar-refractivity contribution < 1.29 is 9.59 Å². The normalized spacial score (nSPS) is 30.0. The second-order valence-electron chi connectivity index (χ2n) is 9.84. The van der Waals surface area contributed by atoms with E-state index in [-0.39, 0.29) is 23.3 Å². The molecule has 1 unspecified atom stereocenters. The van der Waals surface area contributed by atoms with Gasteiger partial charge in [-0.25, -0.2) is 0 Å². The Morgan fingerprint density at radius 3 is 2.00 bits per heavy atom. The standard InChI is InChI=1S/C26H30N2O2/c1-17(21-5-3-2-4-6-21)27-24(29)22-7-9-23(10-8-22)28-25(30)26-14-18-11-19(15-26)13-20(12-18)16-26/h2-10,17-20H,11-16H2,1H3,(H,27,29)(H,28,30). The van der Waals surface area contributed by atoms with Gasteiger partial charge in [0.2, 0.25) is 5.91 Å². The first kappa shape index (κ1) is 19.3. The summed E-state index contributed by atoms with van der Waals surface area (Å²) in [7, 11) is 0. The fraction of sp³-hybridized carbons (Fsp3) is 0.462. The first-order valence-electron chi connectivity index (χ1n) is 11.3. The molecule has 4 aliphatic carbocycles. The maximum absolute atomic E-state index is 13.2. The minimum Gasteiger partial charge on any atom is -0.346 e. The Balaban J connectivity index is 1.22. The fourth-order valence-electron chi connectivity index (χ4n) is 6.46. The molecule has 0 heterocycles. The smallest absolute Gasteiger partial charge is 0.251 e. The van der Waals surface area contributed by atoms with E-state index < -0.39 is 0 Å². The highest BCUT2D eigenvalue weighted by atomic mass is 16.2. The van der Waals surface area contributed by atoms with Gasteiger partial charge in [0, 0.05) is 11.3 Å². The van der Waals surface area contributed by atoms with Crippen molar-refractivity contribution in [2.75, 3.05) is 5.32 Å². The molecule has 0 aromatic heterocycles. The predicted molar refractivity (Wildman–Crippen MR) is 118 cm³/mol. The summed E-state index contributed by atoms with van der Waals surface area (Å²) >= 11 is 0. The van der Waals surface area contributed by atoms with Crippen molar-refractivity contribution in [2.24, 2.45) is 23.2 Å². The van der Waals surface area contributed by atoms with Gasteiger partial charge in [-0.3, -0.25) is 9.59 Å². The van der Waals surface area contributed by atoms with Crippen LogP contribution in [0.15, 0.2) is 54.6 Å². The Bertz CT molecular complexity index is 900. The zero-order chi connectivity index (χ0) is 20.7. The summed E-state index contributed by atoms with van der Waals surface area (Å²) < 4.78 is 0. The largest absolute Gasteiger partial charge is 0.346 e. The van der Waals surface area contributed by atoms with Crippen LogP contribution < -0.4 is 10.6 Å². The molecule has 4 bridgehead atoms. The van der Waals surface area contributed by atoms with E-state index in [1.54, 1.807) is 12.1 Å². The fourth-order valence-corrected chi connectivity index (χ4v) is 6.46. The van der Waals surface area contributed by atoms with Gasteiger partial charge in [0.25, 0.3) is 5.91 Å². The van der Waals surface area contributed by atoms with E-state index in [0.29, 0.717) is 5.56 Å². The number of anilines is 1. The summed E-state index contributed by atoms with van der Waals surface area (Å²) in [5.41, 5.74) is 2.30. The van der Waals surface area contributed by atoms with Crippen LogP contribution >= 0.6 is 0 Å². The van der Waals surface area contributed by atoms with Crippen LogP contribution in [0.5, 0.6) is 0 Å². The molecule has 0 radical (unpaired) electrons. The predicted octanol–water partition coefficient (Wildman–Crippen LogP) is 5.33. The molecule has 4 fully saturated rings. The molecular formula is C26H30N2O2. The van der Waals surface area contributed by atoms with Crippen LogP contribution in [0, 0.1) is 23.2 Å². The number of carbonyl (C=O) groups is 2. The van der Waals surface area contributed by atoms with E-state index in [1.165, 1.54) is 19.3 Å². The molecule has 0 saturated heterocycles. The first-order chi connectivity index (χ1) is 14.5. The van der Waals surface area contributed by atoms with Gasteiger partial charge in [0.05, 0.1) is 11.5 Å². The molecule has 6 rings (SSSR count). The van der Waals surface area contributed by atoms with E-state index in [4.69, 9.17) is 0 Å². The minimum absolute atomic E-state index is 0.0610. The molecule has 156 valence electrons. The van der Waals surface area contributed by atoms with Crippen LogP contribution in [0.3, 0.4) is 0 Å². The molecular weight excluding hydrogens is 372 g/mol. The highest BCUT2D eigenvalue weighted by Crippen LogP contribution is 2.60. The number of carbonyl (C=O) groups excluding carboxylic acids is 2. The topological polar surface area (TPSA) is 58.2 Å². The van der Waals surface area contributed by atoms with Crippen LogP contribution in [-0.2, 0) is 4.79 Å². The molecule has 0 aliphatic heterocycles. The van der Waals surface area contributed by atoms with E-state index in [9.17, 15) is 9.59 Å². The highest BCUT2D eigenvalue weighted by Gasteiger charge is 2.54. The number of hydrogen-bond donors (Lipinski definition) is 2. The maximum Gasteiger partial charge on any atom is 0.251 e. The van der Waals surface area contributed by atoms with Crippen LogP contribution in [0.2, 0.25) is 0 Å². The van der Waals surface area contributed by atoms with E-state index in [2.05, 4.69) is 10.6 Å². The van der Waals surface area contributed by atoms with Gasteiger partial charge in [0.1, 0.15) is 0 Å². The SMILES string of the molecule is CC(NC(=O)c1ccc(NC(=O)C23CC4CC(CC(C4)C2)C3)cc1)c1ccccc1. The molecule has 2 aromatic carbocycles. The summed E-state index contributed by atoms with van der Waals surface area (Å²) in [4.78, 5) is 25.8. The molecule has 4 aliphatic rings. The lowest BCUT2D eigenvalue weighted by molar-refractivity contribution is -0.140. The molecule has 4 nitrogen and oxygen atoms in total. The van der Waals surface area contributed by atoms with Crippen molar-refractivity contribution in [3.8, 4) is 0 Å². The molecule has 2 amide bonds. The third-order valence-electron chi connectivity index (χ3n) is 7.57. The third kappa shape index (κ3) is 3.64. The average molecular weight is 403 g/mol. The van der Waals surface area contributed by atoms with Crippen LogP contribution in [0.25, 0.3) is 0 Å². The van der Waals surface area contributed by atoms with Crippen molar-refractivity contribution in [1.82, 2.24) is 5.32 Å². The molecule has 2 N–H and O–H groups in total. The summed E-state index contributed by atoms with van der Waals surface area (Å²) in [6.07, 6.45) is 7.17. The number of nitrogens with one attached hydrogen (secondary N) is 2. The van der Waals surface area contributed by atoms with E-state index in [0.717, 1.165) is 48.3 Å². The number of hydrogen-bond acceptors (Lipinski definition) is 2. The van der Waals surface area contributed by atoms with Gasteiger partial charge < -0.3 is 10.6 Å². The van der Waals surface area contributed by atoms with Gasteiger partial charge in [-0.15, -0.1) is 0 Å². The number of amides is 2. The lowest BCUT2D eigenvalue weighted by atomic mass is 9.49. The van der Waals surface area contributed by atoms with Gasteiger partial charge in [-0.05, 0) is 93.0 Å². The Labute approximate surface area is 178 Å². The second-order valence-corrected chi connectivity index (χ2v) is 9.84. The Morgan fingerprint density at radius 1 is 0.867 bits per heavy atom. The molecule has 0 spiro atoms. The molecule has 30 heavy (non-hydrogen) atoms. The molecule has 2 aromatic rings. The molecule has 4 saturated carbocycles. The second kappa shape index (κ2) is 7.57. The Kier molecular flexibility index (Phi) is 4.88. The Hall–Kier alpha value is -2.62. The summed E-state index contributed by atoms with van der Waals surface area (Å²) in [5, 5.41) is 6.20. The summed E-state index contributed by atoms with van der Waals surface area (Å²) in [5.74, 6) is 2.33. The van der Waals surface area contributed by atoms with Crippen molar-refractivity contribution in [3.05, 3.63) is 65.7 Å². The van der Waals surface area contributed by atoms with Gasteiger partial charge >= 0.3 is 0 Å². The van der Waals surface area contributed by atoms with Gasteiger partial charge in [0.15, 0.2) is 0 Å². The van der Waals surface area contributed by atoms with Gasteiger partial charge in [-0.1, -0.05) is 30.3 Å². The minimum atomic E-state index is -0.157. The van der Waals surface area contributed by atoms with E-state index in [1.807, 2.05) is 49.4 Å². The maximum atomic E-state index is 13.2. The lowest BCUT2D eigenvalue weighted by Gasteiger charge is -2.55. The van der Waals surface area contributed by atoms with Crippen LogP contribution in [-0.4, -0.2) is 11.8 Å². The van der Waals surface area contributed by atoms with Crippen molar-refractivity contribution in [1.29, 1.82) is 0 Å². The summed E-state index contributed by atoms with van der Waals surface area (Å²) in [6, 6.07) is 17.1. The lowest BCUT2D eigenvalue weighted by Crippen LogP contribution is -2.51. The van der Waals surface area contributed by atoms with Crippen molar-refractivity contribution in [3.63, 3.8) is 0 Å². The van der Waals surface area contributed by atoms with E-state index >= 15 is 0 Å². The zero-order valence-electron chi connectivity index (χ0n) is 17.6. The van der Waals surface area contributed by atoms with Crippen LogP contribution in [0.4, 0.5) is 5.69 Å². The first-order valence-corrected chi connectivity index (χ1v) is 11.3. The number of benzene rings is 2.